The van der Waals surface area contributed by atoms with Crippen LogP contribution in [0.2, 0.25) is 0 Å². The average molecular weight is 337 g/mol. The zero-order chi connectivity index (χ0) is 11.8. The smallest absolute Gasteiger partial charge is 0.0744 e. The Labute approximate surface area is 120 Å². The van der Waals surface area contributed by atoms with E-state index in [-0.39, 0.29) is 46.5 Å². The third-order valence-corrected chi connectivity index (χ3v) is 4.65. The Kier molecular flexibility index (Phi) is 10.8. The van der Waals surface area contributed by atoms with Gasteiger partial charge in [-0.05, 0) is 0 Å². The highest BCUT2D eigenvalue weighted by Crippen LogP contribution is 2.15. The van der Waals surface area contributed by atoms with Crippen LogP contribution < -0.4 is 0 Å². The van der Waals surface area contributed by atoms with E-state index in [1.54, 1.807) is 0 Å². The molecule has 0 saturated heterocycles. The minimum Gasteiger partial charge on any atom is -0.378 e. The van der Waals surface area contributed by atoms with Gasteiger partial charge < -0.3 is 4.74 Å². The molecule has 0 radical (unpaired) electrons. The van der Waals surface area contributed by atoms with E-state index in [4.69, 9.17) is 74.3 Å². The highest BCUT2D eigenvalue weighted by molar-refractivity contribution is 6.34. The van der Waals surface area contributed by atoms with Gasteiger partial charge in [-0.2, -0.15) is 0 Å². The van der Waals surface area contributed by atoms with Crippen LogP contribution in [0.4, 0.5) is 0 Å². The van der Waals surface area contributed by atoms with Crippen molar-refractivity contribution in [2.24, 2.45) is 0 Å². The predicted octanol–water partition coefficient (Wildman–Crippen LogP) is 3.91. The van der Waals surface area contributed by atoms with Gasteiger partial charge in [-0.1, -0.05) is 0 Å². The van der Waals surface area contributed by atoms with Gasteiger partial charge in [-0.25, -0.2) is 0 Å². The lowest BCUT2D eigenvalue weighted by molar-refractivity contribution is 0.134. The first-order valence-corrected chi connectivity index (χ1v) is 7.10. The minimum atomic E-state index is -0.335. The van der Waals surface area contributed by atoms with Gasteiger partial charge in [0.2, 0.25) is 0 Å². The fourth-order valence-electron chi connectivity index (χ4n) is 0.695. The Morgan fingerprint density at radius 1 is 0.667 bits per heavy atom. The van der Waals surface area contributed by atoms with Gasteiger partial charge in [0, 0.05) is 11.8 Å². The SMILES string of the molecule is ClCC(Cl)C(Cl)COCC(Cl)C(Cl)CCl. The Morgan fingerprint density at radius 3 is 1.27 bits per heavy atom. The molecule has 0 aliphatic heterocycles. The Hall–Kier alpha value is 1.70. The van der Waals surface area contributed by atoms with Crippen molar-refractivity contribution in [1.82, 2.24) is 0 Å². The topological polar surface area (TPSA) is 9.23 Å². The van der Waals surface area contributed by atoms with Gasteiger partial charge in [0.05, 0.1) is 34.7 Å². The highest BCUT2D eigenvalue weighted by Gasteiger charge is 2.19. The number of rotatable bonds is 8. The molecule has 0 N–H and O–H groups in total. The monoisotopic (exact) mass is 334 g/mol. The van der Waals surface area contributed by atoms with E-state index in [9.17, 15) is 0 Å². The van der Waals surface area contributed by atoms with Crippen molar-refractivity contribution >= 4 is 69.6 Å². The standard InChI is InChI=1S/C8H12Cl6O/c9-1-5(11)7(13)3-15-4-8(14)6(12)2-10/h5-8H,1-4H2. The van der Waals surface area contributed by atoms with Crippen molar-refractivity contribution < 1.29 is 4.74 Å². The molecule has 1 nitrogen and oxygen atoms in total. The molecule has 0 fully saturated rings. The van der Waals surface area contributed by atoms with Gasteiger partial charge in [-0.15, -0.1) is 69.6 Å². The van der Waals surface area contributed by atoms with Crippen LogP contribution in [0.5, 0.6) is 0 Å². The molecule has 0 saturated carbocycles. The van der Waals surface area contributed by atoms with E-state index in [1.165, 1.54) is 0 Å². The number of halogens is 6. The van der Waals surface area contributed by atoms with E-state index in [0.717, 1.165) is 0 Å². The molecule has 0 aliphatic carbocycles. The Balaban J connectivity index is 3.60. The zero-order valence-electron chi connectivity index (χ0n) is 7.81. The quantitative estimate of drug-likeness (QED) is 0.611. The number of hydrogen-bond acceptors (Lipinski definition) is 1. The summed E-state index contributed by atoms with van der Waals surface area (Å²) < 4.78 is 5.25. The first kappa shape index (κ1) is 16.7. The lowest BCUT2D eigenvalue weighted by atomic mass is 10.3. The second-order valence-electron chi connectivity index (χ2n) is 2.91. The van der Waals surface area contributed by atoms with Crippen molar-refractivity contribution in [2.45, 2.75) is 21.5 Å². The summed E-state index contributed by atoms with van der Waals surface area (Å²) in [7, 11) is 0. The molecule has 0 spiro atoms. The lowest BCUT2D eigenvalue weighted by Crippen LogP contribution is -2.27. The Morgan fingerprint density at radius 2 is 1.00 bits per heavy atom. The first-order valence-electron chi connectivity index (χ1n) is 4.28. The molecule has 15 heavy (non-hydrogen) atoms. The van der Waals surface area contributed by atoms with Crippen LogP contribution in [0.15, 0.2) is 0 Å². The van der Waals surface area contributed by atoms with Gasteiger partial charge >= 0.3 is 0 Å². The van der Waals surface area contributed by atoms with E-state index in [0.29, 0.717) is 0 Å². The highest BCUT2D eigenvalue weighted by atomic mass is 35.5. The van der Waals surface area contributed by atoms with E-state index in [2.05, 4.69) is 0 Å². The van der Waals surface area contributed by atoms with Crippen LogP contribution in [0.25, 0.3) is 0 Å². The van der Waals surface area contributed by atoms with Crippen LogP contribution in [-0.4, -0.2) is 46.5 Å². The largest absolute Gasteiger partial charge is 0.378 e. The predicted molar refractivity (Wildman–Crippen MR) is 70.8 cm³/mol. The molecule has 4 unspecified atom stereocenters. The molecule has 7 heteroatoms. The third kappa shape index (κ3) is 7.59. The summed E-state index contributed by atoms with van der Waals surface area (Å²) in [5.41, 5.74) is 0. The van der Waals surface area contributed by atoms with Crippen LogP contribution in [0, 0.1) is 0 Å². The summed E-state index contributed by atoms with van der Waals surface area (Å²) in [6.45, 7) is 0.578. The first-order chi connectivity index (χ1) is 7.02. The van der Waals surface area contributed by atoms with E-state index < -0.39 is 0 Å². The fraction of sp³-hybridized carbons (Fsp3) is 1.00. The van der Waals surface area contributed by atoms with Crippen LogP contribution in [0.1, 0.15) is 0 Å². The molecule has 0 rings (SSSR count). The number of ether oxygens (including phenoxy) is 1. The van der Waals surface area contributed by atoms with E-state index >= 15 is 0 Å². The zero-order valence-corrected chi connectivity index (χ0v) is 12.3. The molecule has 0 bridgehead atoms. The summed E-state index contributed by atoms with van der Waals surface area (Å²) in [5.74, 6) is 0.562. The van der Waals surface area contributed by atoms with Crippen LogP contribution >= 0.6 is 69.6 Å². The lowest BCUT2D eigenvalue weighted by Gasteiger charge is -2.17. The summed E-state index contributed by atoms with van der Waals surface area (Å²) in [6.07, 6.45) is 0. The van der Waals surface area contributed by atoms with Gasteiger partial charge in [-0.3, -0.25) is 0 Å². The maximum Gasteiger partial charge on any atom is 0.0744 e. The molecule has 92 valence electrons. The number of hydrogen-bond donors (Lipinski definition) is 0. The molecule has 0 aliphatic rings. The fourth-order valence-corrected chi connectivity index (χ4v) is 1.81. The maximum absolute atomic E-state index is 5.88. The van der Waals surface area contributed by atoms with E-state index in [1.807, 2.05) is 0 Å². The third-order valence-electron chi connectivity index (χ3n) is 1.63. The molecular weight excluding hydrogens is 325 g/mol. The summed E-state index contributed by atoms with van der Waals surface area (Å²) in [5, 5.41) is -1.31. The van der Waals surface area contributed by atoms with Crippen molar-refractivity contribution in [3.8, 4) is 0 Å². The summed E-state index contributed by atoms with van der Waals surface area (Å²) in [4.78, 5) is 0. The van der Waals surface area contributed by atoms with Gasteiger partial charge in [0.1, 0.15) is 0 Å². The summed E-state index contributed by atoms with van der Waals surface area (Å²) in [6, 6.07) is 0. The molecule has 0 heterocycles. The molecule has 4 atom stereocenters. The van der Waals surface area contributed by atoms with Crippen molar-refractivity contribution in [2.75, 3.05) is 25.0 Å². The second-order valence-corrected chi connectivity index (χ2v) is 5.77. The Bertz CT molecular complexity index is 142. The van der Waals surface area contributed by atoms with Crippen molar-refractivity contribution in [3.05, 3.63) is 0 Å². The summed E-state index contributed by atoms with van der Waals surface area (Å²) >= 11 is 34.4. The van der Waals surface area contributed by atoms with Crippen molar-refractivity contribution in [1.29, 1.82) is 0 Å². The minimum absolute atomic E-state index is 0.281. The molecule has 0 aromatic carbocycles. The second kappa shape index (κ2) is 9.70. The molecule has 0 aromatic heterocycles. The van der Waals surface area contributed by atoms with Crippen LogP contribution in [-0.2, 0) is 4.74 Å². The maximum atomic E-state index is 5.88. The van der Waals surface area contributed by atoms with Crippen molar-refractivity contribution in [3.63, 3.8) is 0 Å². The normalized spacial score (nSPS) is 19.6. The molecular formula is C8H12Cl6O. The van der Waals surface area contributed by atoms with Gasteiger partial charge in [0.25, 0.3) is 0 Å². The number of alkyl halides is 6. The average Bonchev–Trinajstić information content (AvgIpc) is 2.26. The molecule has 0 amide bonds. The molecule has 0 aromatic rings. The van der Waals surface area contributed by atoms with Crippen LogP contribution in [0.3, 0.4) is 0 Å². The van der Waals surface area contributed by atoms with Gasteiger partial charge in [0.15, 0.2) is 0 Å².